The van der Waals surface area contributed by atoms with Gasteiger partial charge in [-0.25, -0.2) is 4.98 Å². The van der Waals surface area contributed by atoms with E-state index in [1.807, 2.05) is 19.4 Å². The molecule has 0 saturated heterocycles. The van der Waals surface area contributed by atoms with Crippen LogP contribution in [0, 0.1) is 5.92 Å². The normalized spacial score (nSPS) is 26.5. The van der Waals surface area contributed by atoms with Crippen LogP contribution in [-0.4, -0.2) is 15.6 Å². The summed E-state index contributed by atoms with van der Waals surface area (Å²) in [5.41, 5.74) is 0. The van der Waals surface area contributed by atoms with Crippen LogP contribution in [0.4, 0.5) is 5.95 Å². The van der Waals surface area contributed by atoms with Crippen molar-refractivity contribution in [2.24, 2.45) is 13.0 Å². The molecule has 0 aromatic carbocycles. The van der Waals surface area contributed by atoms with Gasteiger partial charge in [-0.1, -0.05) is 26.2 Å². The van der Waals surface area contributed by atoms with Crippen LogP contribution in [-0.2, 0) is 7.05 Å². The second-order valence-corrected chi connectivity index (χ2v) is 4.57. The molecule has 1 saturated carbocycles. The number of hydrogen-bond acceptors (Lipinski definition) is 2. The van der Waals surface area contributed by atoms with Gasteiger partial charge in [0.1, 0.15) is 0 Å². The standard InChI is InChI=1S/C12H21N3/c1-3-10-6-4-5-7-11(10)14-12-13-8-9-15(12)2/h8-11H,3-7H2,1-2H3,(H,13,14). The second kappa shape index (κ2) is 4.69. The van der Waals surface area contributed by atoms with Crippen molar-refractivity contribution < 1.29 is 0 Å². The first kappa shape index (κ1) is 10.5. The van der Waals surface area contributed by atoms with Crippen molar-refractivity contribution >= 4 is 5.95 Å². The van der Waals surface area contributed by atoms with E-state index in [1.54, 1.807) is 0 Å². The molecule has 1 fully saturated rings. The van der Waals surface area contributed by atoms with Gasteiger partial charge in [0.2, 0.25) is 5.95 Å². The molecule has 1 aromatic heterocycles. The maximum Gasteiger partial charge on any atom is 0.202 e. The van der Waals surface area contributed by atoms with Crippen LogP contribution in [0.5, 0.6) is 0 Å². The Bertz CT molecular complexity index is 306. The Labute approximate surface area is 91.9 Å². The van der Waals surface area contributed by atoms with Gasteiger partial charge in [-0.3, -0.25) is 0 Å². The minimum atomic E-state index is 0.629. The largest absolute Gasteiger partial charge is 0.353 e. The molecule has 0 bridgehead atoms. The molecule has 0 radical (unpaired) electrons. The van der Waals surface area contributed by atoms with Gasteiger partial charge in [-0.05, 0) is 18.8 Å². The monoisotopic (exact) mass is 207 g/mol. The first-order chi connectivity index (χ1) is 7.31. The van der Waals surface area contributed by atoms with E-state index >= 15 is 0 Å². The summed E-state index contributed by atoms with van der Waals surface area (Å²) in [6, 6.07) is 0.629. The molecule has 1 aromatic rings. The lowest BCUT2D eigenvalue weighted by Crippen LogP contribution is -2.32. The second-order valence-electron chi connectivity index (χ2n) is 4.57. The summed E-state index contributed by atoms with van der Waals surface area (Å²) in [6.07, 6.45) is 10.6. The Balaban J connectivity index is 2.00. The molecule has 0 spiro atoms. The summed E-state index contributed by atoms with van der Waals surface area (Å²) in [4.78, 5) is 4.33. The fourth-order valence-electron chi connectivity index (χ4n) is 2.56. The van der Waals surface area contributed by atoms with Gasteiger partial charge in [-0.15, -0.1) is 0 Å². The first-order valence-corrected chi connectivity index (χ1v) is 6.05. The molecule has 2 unspecified atom stereocenters. The average Bonchev–Trinajstić information content (AvgIpc) is 2.65. The van der Waals surface area contributed by atoms with E-state index < -0.39 is 0 Å². The summed E-state index contributed by atoms with van der Waals surface area (Å²) in [6.45, 7) is 2.29. The van der Waals surface area contributed by atoms with Crippen LogP contribution in [0.2, 0.25) is 0 Å². The van der Waals surface area contributed by atoms with Crippen molar-refractivity contribution in [2.45, 2.75) is 45.1 Å². The van der Waals surface area contributed by atoms with Gasteiger partial charge in [0.25, 0.3) is 0 Å². The third kappa shape index (κ3) is 2.33. The topological polar surface area (TPSA) is 29.9 Å². The Kier molecular flexibility index (Phi) is 3.29. The number of nitrogens with one attached hydrogen (secondary N) is 1. The molecule has 2 rings (SSSR count). The number of aromatic nitrogens is 2. The number of imidazole rings is 1. The molecule has 1 N–H and O–H groups in total. The minimum Gasteiger partial charge on any atom is -0.353 e. The summed E-state index contributed by atoms with van der Waals surface area (Å²) < 4.78 is 2.06. The van der Waals surface area contributed by atoms with Crippen LogP contribution >= 0.6 is 0 Å². The Hall–Kier alpha value is -0.990. The molecular formula is C12H21N3. The summed E-state index contributed by atoms with van der Waals surface area (Å²) in [7, 11) is 2.04. The fraction of sp³-hybridized carbons (Fsp3) is 0.750. The van der Waals surface area contributed by atoms with Gasteiger partial charge < -0.3 is 9.88 Å². The number of hydrogen-bond donors (Lipinski definition) is 1. The summed E-state index contributed by atoms with van der Waals surface area (Å²) in [5, 5.41) is 3.58. The van der Waals surface area contributed by atoms with Crippen molar-refractivity contribution in [3.8, 4) is 0 Å². The van der Waals surface area contributed by atoms with Crippen molar-refractivity contribution in [3.05, 3.63) is 12.4 Å². The lowest BCUT2D eigenvalue weighted by Gasteiger charge is -2.31. The van der Waals surface area contributed by atoms with Crippen LogP contribution < -0.4 is 5.32 Å². The maximum atomic E-state index is 4.33. The van der Waals surface area contributed by atoms with Crippen molar-refractivity contribution in [2.75, 3.05) is 5.32 Å². The highest BCUT2D eigenvalue weighted by atomic mass is 15.2. The molecule has 3 heteroatoms. The van der Waals surface area contributed by atoms with Gasteiger partial charge in [0.05, 0.1) is 0 Å². The van der Waals surface area contributed by atoms with Crippen LogP contribution in [0.3, 0.4) is 0 Å². The van der Waals surface area contributed by atoms with Gasteiger partial charge in [0.15, 0.2) is 0 Å². The summed E-state index contributed by atoms with van der Waals surface area (Å²) in [5.74, 6) is 1.84. The van der Waals surface area contributed by atoms with Crippen LogP contribution in [0.1, 0.15) is 39.0 Å². The highest BCUT2D eigenvalue weighted by Gasteiger charge is 2.24. The van der Waals surface area contributed by atoms with E-state index in [9.17, 15) is 0 Å². The third-order valence-corrected chi connectivity index (χ3v) is 3.57. The average molecular weight is 207 g/mol. The molecule has 0 aliphatic heterocycles. The summed E-state index contributed by atoms with van der Waals surface area (Å²) >= 11 is 0. The zero-order chi connectivity index (χ0) is 10.7. The number of aryl methyl sites for hydroxylation is 1. The SMILES string of the molecule is CCC1CCCCC1Nc1nccn1C. The first-order valence-electron chi connectivity index (χ1n) is 6.05. The third-order valence-electron chi connectivity index (χ3n) is 3.57. The number of anilines is 1. The van der Waals surface area contributed by atoms with Gasteiger partial charge >= 0.3 is 0 Å². The van der Waals surface area contributed by atoms with Gasteiger partial charge in [0, 0.05) is 25.5 Å². The Morgan fingerprint density at radius 3 is 2.93 bits per heavy atom. The van der Waals surface area contributed by atoms with E-state index in [0.29, 0.717) is 6.04 Å². The highest BCUT2D eigenvalue weighted by Crippen LogP contribution is 2.28. The van der Waals surface area contributed by atoms with Crippen molar-refractivity contribution in [1.82, 2.24) is 9.55 Å². The molecule has 15 heavy (non-hydrogen) atoms. The number of nitrogens with zero attached hydrogens (tertiary/aromatic N) is 2. The Morgan fingerprint density at radius 1 is 1.47 bits per heavy atom. The lowest BCUT2D eigenvalue weighted by molar-refractivity contribution is 0.316. The molecule has 2 atom stereocenters. The minimum absolute atomic E-state index is 0.629. The number of rotatable bonds is 3. The van der Waals surface area contributed by atoms with E-state index in [0.717, 1.165) is 11.9 Å². The predicted octanol–water partition coefficient (Wildman–Crippen LogP) is 2.80. The lowest BCUT2D eigenvalue weighted by atomic mass is 9.83. The molecule has 84 valence electrons. The molecule has 1 aliphatic rings. The van der Waals surface area contributed by atoms with Crippen molar-refractivity contribution in [3.63, 3.8) is 0 Å². The quantitative estimate of drug-likeness (QED) is 0.826. The smallest absolute Gasteiger partial charge is 0.202 e. The molecule has 0 amide bonds. The van der Waals surface area contributed by atoms with E-state index in [4.69, 9.17) is 0 Å². The van der Waals surface area contributed by atoms with Gasteiger partial charge in [-0.2, -0.15) is 0 Å². The Morgan fingerprint density at radius 2 is 2.27 bits per heavy atom. The molecular weight excluding hydrogens is 186 g/mol. The fourth-order valence-corrected chi connectivity index (χ4v) is 2.56. The van der Waals surface area contributed by atoms with Crippen molar-refractivity contribution in [1.29, 1.82) is 0 Å². The zero-order valence-electron chi connectivity index (χ0n) is 9.74. The zero-order valence-corrected chi connectivity index (χ0v) is 9.74. The van der Waals surface area contributed by atoms with E-state index in [1.165, 1.54) is 32.1 Å². The van der Waals surface area contributed by atoms with Crippen LogP contribution in [0.25, 0.3) is 0 Å². The molecule has 3 nitrogen and oxygen atoms in total. The van der Waals surface area contributed by atoms with E-state index in [-0.39, 0.29) is 0 Å². The predicted molar refractivity (Wildman–Crippen MR) is 62.9 cm³/mol. The van der Waals surface area contributed by atoms with E-state index in [2.05, 4.69) is 21.8 Å². The highest BCUT2D eigenvalue weighted by molar-refractivity contribution is 5.27. The molecule has 1 aliphatic carbocycles. The molecule has 1 heterocycles. The van der Waals surface area contributed by atoms with Crippen LogP contribution in [0.15, 0.2) is 12.4 Å². The maximum absolute atomic E-state index is 4.33.